The molecule has 0 saturated heterocycles. The van der Waals surface area contributed by atoms with E-state index in [0.717, 1.165) is 0 Å². The summed E-state index contributed by atoms with van der Waals surface area (Å²) in [5.41, 5.74) is 6.77. The van der Waals surface area contributed by atoms with Crippen LogP contribution in [0.15, 0.2) is 23.1 Å². The minimum absolute atomic E-state index is 0.213. The van der Waals surface area contributed by atoms with Gasteiger partial charge in [-0.15, -0.1) is 0 Å². The highest BCUT2D eigenvalue weighted by Crippen LogP contribution is 2.31. The zero-order valence-corrected chi connectivity index (χ0v) is 12.8. The first kappa shape index (κ1) is 15.1. The molecule has 1 aromatic carbocycles. The van der Waals surface area contributed by atoms with Gasteiger partial charge in [-0.1, -0.05) is 12.8 Å². The summed E-state index contributed by atoms with van der Waals surface area (Å²) >= 11 is 0. The van der Waals surface area contributed by atoms with Crippen LogP contribution in [0, 0.1) is 5.92 Å². The molecule has 1 aromatic rings. The number of benzene rings is 1. The molecule has 6 heteroatoms. The lowest BCUT2D eigenvalue weighted by molar-refractivity contribution is 0.481. The van der Waals surface area contributed by atoms with Crippen molar-refractivity contribution in [2.75, 3.05) is 18.1 Å². The van der Waals surface area contributed by atoms with Crippen LogP contribution in [-0.2, 0) is 10.0 Å². The molecule has 112 valence electrons. The number of nitrogens with two attached hydrogens (primary N) is 1. The van der Waals surface area contributed by atoms with Gasteiger partial charge in [-0.2, -0.15) is 0 Å². The van der Waals surface area contributed by atoms with Gasteiger partial charge in [0, 0.05) is 11.7 Å². The van der Waals surface area contributed by atoms with Gasteiger partial charge in [0.25, 0.3) is 0 Å². The minimum atomic E-state index is -3.51. The second kappa shape index (κ2) is 6.01. The summed E-state index contributed by atoms with van der Waals surface area (Å²) in [7, 11) is -2.11. The van der Waals surface area contributed by atoms with Gasteiger partial charge in [-0.05, 0) is 50.9 Å². The van der Waals surface area contributed by atoms with E-state index in [1.807, 2.05) is 0 Å². The highest BCUT2D eigenvalue weighted by molar-refractivity contribution is 7.89. The summed E-state index contributed by atoms with van der Waals surface area (Å²) in [6, 6.07) is 5.21. The number of hydrogen-bond donors (Lipinski definition) is 3. The highest BCUT2D eigenvalue weighted by Gasteiger charge is 2.24. The normalized spacial score (nSPS) is 18.1. The summed E-state index contributed by atoms with van der Waals surface area (Å²) in [5, 5.41) is 3.35. The highest BCUT2D eigenvalue weighted by atomic mass is 32.2. The first-order chi connectivity index (χ1) is 9.44. The molecule has 0 amide bonds. The summed E-state index contributed by atoms with van der Waals surface area (Å²) < 4.78 is 26.5. The van der Waals surface area contributed by atoms with Gasteiger partial charge in [0.15, 0.2) is 0 Å². The molecule has 4 N–H and O–H groups in total. The van der Waals surface area contributed by atoms with Crippen molar-refractivity contribution in [1.82, 2.24) is 4.72 Å². The van der Waals surface area contributed by atoms with E-state index in [0.29, 0.717) is 17.3 Å². The third kappa shape index (κ3) is 3.24. The largest absolute Gasteiger partial charge is 0.399 e. The fraction of sp³-hybridized carbons (Fsp3) is 0.571. The lowest BCUT2D eigenvalue weighted by atomic mass is 9.99. The Morgan fingerprint density at radius 2 is 1.95 bits per heavy atom. The van der Waals surface area contributed by atoms with E-state index in [4.69, 9.17) is 5.73 Å². The van der Waals surface area contributed by atoms with Gasteiger partial charge < -0.3 is 11.1 Å². The standard InChI is InChI=1S/C14H23N3O2S/c1-10(11-5-3-4-6-11)17-13-8-7-12(15)9-14(13)20(18,19)16-2/h7-11,16-17H,3-6,15H2,1-2H3. The van der Waals surface area contributed by atoms with E-state index in [2.05, 4.69) is 17.0 Å². The van der Waals surface area contributed by atoms with Crippen LogP contribution >= 0.6 is 0 Å². The molecule has 1 aliphatic carbocycles. The molecular weight excluding hydrogens is 274 g/mol. The zero-order chi connectivity index (χ0) is 14.8. The molecule has 2 rings (SSSR count). The number of nitrogens with one attached hydrogen (secondary N) is 2. The fourth-order valence-corrected chi connectivity index (χ4v) is 3.74. The van der Waals surface area contributed by atoms with Crippen molar-refractivity contribution in [3.8, 4) is 0 Å². The average molecular weight is 297 g/mol. The van der Waals surface area contributed by atoms with Crippen molar-refractivity contribution in [3.63, 3.8) is 0 Å². The van der Waals surface area contributed by atoms with Crippen molar-refractivity contribution in [1.29, 1.82) is 0 Å². The maximum atomic E-state index is 12.1. The summed E-state index contributed by atoms with van der Waals surface area (Å²) in [5.74, 6) is 0.609. The van der Waals surface area contributed by atoms with Crippen molar-refractivity contribution in [2.45, 2.75) is 43.5 Å². The lowest BCUT2D eigenvalue weighted by Crippen LogP contribution is -2.26. The van der Waals surface area contributed by atoms with E-state index in [1.54, 1.807) is 12.1 Å². The molecule has 1 atom stereocenters. The number of rotatable bonds is 5. The molecule has 0 radical (unpaired) electrons. The fourth-order valence-electron chi connectivity index (χ4n) is 2.81. The number of hydrogen-bond acceptors (Lipinski definition) is 4. The van der Waals surface area contributed by atoms with Crippen LogP contribution in [0.25, 0.3) is 0 Å². The maximum Gasteiger partial charge on any atom is 0.242 e. The van der Waals surface area contributed by atoms with Gasteiger partial charge in [-0.25, -0.2) is 13.1 Å². The predicted molar refractivity (Wildman–Crippen MR) is 82.1 cm³/mol. The molecule has 0 heterocycles. The minimum Gasteiger partial charge on any atom is -0.399 e. The number of anilines is 2. The molecular formula is C14H23N3O2S. The quantitative estimate of drug-likeness (QED) is 0.727. The molecule has 1 unspecified atom stereocenters. The van der Waals surface area contributed by atoms with E-state index >= 15 is 0 Å². The van der Waals surface area contributed by atoms with E-state index in [-0.39, 0.29) is 10.9 Å². The third-order valence-electron chi connectivity index (χ3n) is 4.05. The summed E-state index contributed by atoms with van der Waals surface area (Å²) in [6.07, 6.45) is 4.94. The molecule has 0 aromatic heterocycles. The number of nitrogen functional groups attached to an aromatic ring is 1. The molecule has 1 fully saturated rings. The van der Waals surface area contributed by atoms with Gasteiger partial charge in [-0.3, -0.25) is 0 Å². The Balaban J connectivity index is 2.27. The molecule has 1 saturated carbocycles. The lowest BCUT2D eigenvalue weighted by Gasteiger charge is -2.23. The van der Waals surface area contributed by atoms with Crippen LogP contribution in [0.4, 0.5) is 11.4 Å². The van der Waals surface area contributed by atoms with Crippen LogP contribution in [0.1, 0.15) is 32.6 Å². The molecule has 0 spiro atoms. The topological polar surface area (TPSA) is 84.2 Å². The van der Waals surface area contributed by atoms with Gasteiger partial charge in [0.2, 0.25) is 10.0 Å². The predicted octanol–water partition coefficient (Wildman–Crippen LogP) is 2.17. The van der Waals surface area contributed by atoms with E-state index < -0.39 is 10.0 Å². The monoisotopic (exact) mass is 297 g/mol. The molecule has 1 aliphatic rings. The summed E-state index contributed by atoms with van der Waals surface area (Å²) in [6.45, 7) is 2.11. The SMILES string of the molecule is CNS(=O)(=O)c1cc(N)ccc1NC(C)C1CCCC1. The Morgan fingerprint density at radius 3 is 2.55 bits per heavy atom. The Bertz CT molecular complexity index is 566. The van der Waals surface area contributed by atoms with E-state index in [1.165, 1.54) is 38.8 Å². The van der Waals surface area contributed by atoms with Crippen molar-refractivity contribution < 1.29 is 8.42 Å². The Morgan fingerprint density at radius 1 is 1.30 bits per heavy atom. The Labute approximate surface area is 121 Å². The first-order valence-corrected chi connectivity index (χ1v) is 8.52. The van der Waals surface area contributed by atoms with Gasteiger partial charge in [0.05, 0.1) is 5.69 Å². The Hall–Kier alpha value is -1.27. The van der Waals surface area contributed by atoms with Crippen LogP contribution < -0.4 is 15.8 Å². The second-order valence-electron chi connectivity index (χ2n) is 5.44. The van der Waals surface area contributed by atoms with Crippen molar-refractivity contribution in [2.24, 2.45) is 5.92 Å². The third-order valence-corrected chi connectivity index (χ3v) is 5.51. The van der Waals surface area contributed by atoms with Gasteiger partial charge >= 0.3 is 0 Å². The van der Waals surface area contributed by atoms with Crippen LogP contribution in [-0.4, -0.2) is 21.5 Å². The zero-order valence-electron chi connectivity index (χ0n) is 12.0. The average Bonchev–Trinajstić information content (AvgIpc) is 2.94. The maximum absolute atomic E-state index is 12.1. The second-order valence-corrected chi connectivity index (χ2v) is 7.30. The Kier molecular flexibility index (Phi) is 4.55. The first-order valence-electron chi connectivity index (χ1n) is 7.03. The molecule has 20 heavy (non-hydrogen) atoms. The summed E-state index contributed by atoms with van der Waals surface area (Å²) in [4.78, 5) is 0.213. The van der Waals surface area contributed by atoms with Gasteiger partial charge in [0.1, 0.15) is 4.90 Å². The molecule has 0 aliphatic heterocycles. The van der Waals surface area contributed by atoms with Crippen molar-refractivity contribution in [3.05, 3.63) is 18.2 Å². The number of sulfonamides is 1. The molecule has 5 nitrogen and oxygen atoms in total. The molecule has 0 bridgehead atoms. The van der Waals surface area contributed by atoms with E-state index in [9.17, 15) is 8.42 Å². The van der Waals surface area contributed by atoms with Crippen LogP contribution in [0.3, 0.4) is 0 Å². The smallest absolute Gasteiger partial charge is 0.242 e. The van der Waals surface area contributed by atoms with Crippen LogP contribution in [0.5, 0.6) is 0 Å². The van der Waals surface area contributed by atoms with Crippen molar-refractivity contribution >= 4 is 21.4 Å². The van der Waals surface area contributed by atoms with Crippen LogP contribution in [0.2, 0.25) is 0 Å².